The van der Waals surface area contributed by atoms with E-state index in [4.69, 9.17) is 4.74 Å². The molecule has 1 atom stereocenters. The number of nitrogens with one attached hydrogen (secondary N) is 2. The van der Waals surface area contributed by atoms with Crippen molar-refractivity contribution in [2.45, 2.75) is 45.6 Å². The van der Waals surface area contributed by atoms with Crippen LogP contribution >= 0.6 is 24.8 Å². The van der Waals surface area contributed by atoms with Crippen molar-refractivity contribution >= 4 is 30.7 Å². The normalized spacial score (nSPS) is 19.3. The van der Waals surface area contributed by atoms with Gasteiger partial charge < -0.3 is 15.4 Å². The molecule has 144 valence electrons. The highest BCUT2D eigenvalue weighted by molar-refractivity contribution is 5.85. The zero-order valence-corrected chi connectivity index (χ0v) is 16.7. The molecule has 2 rings (SSSR count). The lowest BCUT2D eigenvalue weighted by Gasteiger charge is -2.38. The van der Waals surface area contributed by atoms with Crippen molar-refractivity contribution in [3.63, 3.8) is 0 Å². The summed E-state index contributed by atoms with van der Waals surface area (Å²) in [6.45, 7) is 10.3. The Morgan fingerprint density at radius 2 is 1.79 bits per heavy atom. The van der Waals surface area contributed by atoms with Crippen LogP contribution in [-0.4, -0.2) is 62.8 Å². The van der Waals surface area contributed by atoms with E-state index in [0.717, 1.165) is 58.2 Å². The van der Waals surface area contributed by atoms with Crippen molar-refractivity contribution in [2.75, 3.05) is 45.9 Å². The van der Waals surface area contributed by atoms with E-state index in [1.807, 2.05) is 0 Å². The number of morpholine rings is 1. The molecule has 0 radical (unpaired) electrons. The molecule has 1 heterocycles. The summed E-state index contributed by atoms with van der Waals surface area (Å²) in [5.41, 5.74) is 0. The van der Waals surface area contributed by atoms with Crippen LogP contribution in [0.2, 0.25) is 0 Å². The summed E-state index contributed by atoms with van der Waals surface area (Å²) < 4.78 is 5.46. The minimum absolute atomic E-state index is 0. The summed E-state index contributed by atoms with van der Waals surface area (Å²) in [5.74, 6) is 1.58. The predicted octanol–water partition coefficient (Wildman–Crippen LogP) is 2.08. The SMILES string of the molecule is CCC(CC)C(CNC(=O)CNCC1CC1)N1CCOCC1.Cl.Cl. The fraction of sp³-hybridized carbons (Fsp3) is 0.941. The van der Waals surface area contributed by atoms with Crippen molar-refractivity contribution in [1.29, 1.82) is 0 Å². The monoisotopic (exact) mass is 383 g/mol. The van der Waals surface area contributed by atoms with Gasteiger partial charge in [0.2, 0.25) is 5.91 Å². The first-order chi connectivity index (χ1) is 10.7. The van der Waals surface area contributed by atoms with Crippen molar-refractivity contribution in [2.24, 2.45) is 11.8 Å². The molecule has 0 aromatic carbocycles. The van der Waals surface area contributed by atoms with Crippen LogP contribution in [-0.2, 0) is 9.53 Å². The highest BCUT2D eigenvalue weighted by Crippen LogP contribution is 2.27. The molecule has 0 aromatic rings. The molecule has 2 aliphatic rings. The van der Waals surface area contributed by atoms with E-state index in [-0.39, 0.29) is 30.7 Å². The lowest BCUT2D eigenvalue weighted by Crippen LogP contribution is -2.52. The molecule has 1 saturated carbocycles. The molecule has 0 spiro atoms. The second kappa shape index (κ2) is 13.2. The Hall–Kier alpha value is -0.0700. The maximum Gasteiger partial charge on any atom is 0.234 e. The third-order valence-electron chi connectivity index (χ3n) is 5.03. The minimum Gasteiger partial charge on any atom is -0.379 e. The number of hydrogen-bond acceptors (Lipinski definition) is 4. The first-order valence-electron chi connectivity index (χ1n) is 9.03. The molecule has 1 saturated heterocycles. The van der Waals surface area contributed by atoms with Crippen molar-refractivity contribution in [1.82, 2.24) is 15.5 Å². The number of carbonyl (C=O) groups is 1. The van der Waals surface area contributed by atoms with Crippen LogP contribution in [0.15, 0.2) is 0 Å². The Morgan fingerprint density at radius 1 is 1.17 bits per heavy atom. The molecular weight excluding hydrogens is 349 g/mol. The number of halogens is 2. The zero-order chi connectivity index (χ0) is 15.8. The number of carbonyl (C=O) groups excluding carboxylic acids is 1. The van der Waals surface area contributed by atoms with Crippen molar-refractivity contribution in [3.05, 3.63) is 0 Å². The van der Waals surface area contributed by atoms with Gasteiger partial charge in [0.15, 0.2) is 0 Å². The highest BCUT2D eigenvalue weighted by Gasteiger charge is 2.27. The number of ether oxygens (including phenoxy) is 1. The summed E-state index contributed by atoms with van der Waals surface area (Å²) in [5, 5.41) is 6.40. The molecule has 1 aliphatic heterocycles. The number of rotatable bonds is 10. The molecule has 7 heteroatoms. The quantitative estimate of drug-likeness (QED) is 0.606. The van der Waals surface area contributed by atoms with Gasteiger partial charge in [-0.2, -0.15) is 0 Å². The van der Waals surface area contributed by atoms with Gasteiger partial charge in [-0.25, -0.2) is 0 Å². The van der Waals surface area contributed by atoms with E-state index >= 15 is 0 Å². The van der Waals surface area contributed by atoms with Crippen LogP contribution in [0, 0.1) is 11.8 Å². The molecule has 0 aromatic heterocycles. The largest absolute Gasteiger partial charge is 0.379 e. The summed E-state index contributed by atoms with van der Waals surface area (Å²) in [6, 6.07) is 0.436. The number of nitrogens with zero attached hydrogens (tertiary/aromatic N) is 1. The van der Waals surface area contributed by atoms with Crippen LogP contribution in [0.3, 0.4) is 0 Å². The van der Waals surface area contributed by atoms with Crippen LogP contribution in [0.5, 0.6) is 0 Å². The van der Waals surface area contributed by atoms with Crippen molar-refractivity contribution < 1.29 is 9.53 Å². The van der Waals surface area contributed by atoms with Crippen LogP contribution in [0.25, 0.3) is 0 Å². The summed E-state index contributed by atoms with van der Waals surface area (Å²) in [6.07, 6.45) is 4.97. The topological polar surface area (TPSA) is 53.6 Å². The first kappa shape index (κ1) is 23.9. The van der Waals surface area contributed by atoms with Gasteiger partial charge in [0, 0.05) is 25.7 Å². The number of hydrogen-bond donors (Lipinski definition) is 2. The predicted molar refractivity (Wildman–Crippen MR) is 103 cm³/mol. The second-order valence-corrected chi connectivity index (χ2v) is 6.67. The third-order valence-corrected chi connectivity index (χ3v) is 5.03. The van der Waals surface area contributed by atoms with Crippen molar-refractivity contribution in [3.8, 4) is 0 Å². The fourth-order valence-corrected chi connectivity index (χ4v) is 3.33. The van der Waals surface area contributed by atoms with Gasteiger partial charge in [-0.05, 0) is 31.2 Å². The van der Waals surface area contributed by atoms with Gasteiger partial charge in [0.1, 0.15) is 0 Å². The summed E-state index contributed by atoms with van der Waals surface area (Å²) in [7, 11) is 0. The highest BCUT2D eigenvalue weighted by atomic mass is 35.5. The smallest absolute Gasteiger partial charge is 0.234 e. The van der Waals surface area contributed by atoms with E-state index in [1.165, 1.54) is 12.8 Å². The molecule has 2 fully saturated rings. The maximum absolute atomic E-state index is 12.0. The average Bonchev–Trinajstić information content (AvgIpc) is 3.36. The lowest BCUT2D eigenvalue weighted by atomic mass is 9.92. The molecule has 2 N–H and O–H groups in total. The fourth-order valence-electron chi connectivity index (χ4n) is 3.33. The lowest BCUT2D eigenvalue weighted by molar-refractivity contribution is -0.120. The standard InChI is InChI=1S/C17H33N3O2.2ClH/c1-3-15(4-2)16(20-7-9-22-10-8-20)12-19-17(21)13-18-11-14-5-6-14;;/h14-16,18H,3-13H2,1-2H3,(H,19,21);2*1H. The maximum atomic E-state index is 12.0. The van der Waals surface area contributed by atoms with E-state index in [2.05, 4.69) is 29.4 Å². The van der Waals surface area contributed by atoms with Gasteiger partial charge in [0.25, 0.3) is 0 Å². The van der Waals surface area contributed by atoms with Gasteiger partial charge in [0.05, 0.1) is 19.8 Å². The Bertz CT molecular complexity index is 334. The van der Waals surface area contributed by atoms with Gasteiger partial charge in [-0.15, -0.1) is 24.8 Å². The van der Waals surface area contributed by atoms with E-state index in [9.17, 15) is 4.79 Å². The minimum atomic E-state index is 0. The van der Waals surface area contributed by atoms with E-state index in [1.54, 1.807) is 0 Å². The molecule has 1 amide bonds. The second-order valence-electron chi connectivity index (χ2n) is 6.67. The Morgan fingerprint density at radius 3 is 2.33 bits per heavy atom. The number of amides is 1. The summed E-state index contributed by atoms with van der Waals surface area (Å²) in [4.78, 5) is 14.5. The summed E-state index contributed by atoms with van der Waals surface area (Å²) >= 11 is 0. The van der Waals surface area contributed by atoms with Gasteiger partial charge in [-0.3, -0.25) is 9.69 Å². The first-order valence-corrected chi connectivity index (χ1v) is 9.03. The van der Waals surface area contributed by atoms with E-state index < -0.39 is 0 Å². The zero-order valence-electron chi connectivity index (χ0n) is 15.1. The van der Waals surface area contributed by atoms with Crippen LogP contribution in [0.4, 0.5) is 0 Å². The third kappa shape index (κ3) is 8.34. The average molecular weight is 384 g/mol. The van der Waals surface area contributed by atoms with Crippen LogP contribution < -0.4 is 10.6 Å². The van der Waals surface area contributed by atoms with Gasteiger partial charge >= 0.3 is 0 Å². The molecular formula is C17H35Cl2N3O2. The molecule has 24 heavy (non-hydrogen) atoms. The van der Waals surface area contributed by atoms with Gasteiger partial charge in [-0.1, -0.05) is 26.7 Å². The molecule has 0 bridgehead atoms. The van der Waals surface area contributed by atoms with E-state index in [0.29, 0.717) is 18.5 Å². The molecule has 1 aliphatic carbocycles. The Labute approximate surface area is 159 Å². The van der Waals surface area contributed by atoms with Crippen LogP contribution in [0.1, 0.15) is 39.5 Å². The Kier molecular flexibility index (Phi) is 13.1. The Balaban J connectivity index is 0.00000264. The molecule has 1 unspecified atom stereocenters. The molecule has 5 nitrogen and oxygen atoms in total.